The summed E-state index contributed by atoms with van der Waals surface area (Å²) in [6.45, 7) is 8.57. The second-order valence-electron chi connectivity index (χ2n) is 7.76. The Bertz CT molecular complexity index is 502. The maximum Gasteiger partial charge on any atom is 0.410 e. The highest BCUT2D eigenvalue weighted by molar-refractivity contribution is 6.26. The van der Waals surface area contributed by atoms with Crippen LogP contribution in [-0.4, -0.2) is 58.0 Å². The highest BCUT2D eigenvalue weighted by Gasteiger charge is 2.85. The number of fused-ring (bicyclic) bond motifs is 3. The van der Waals surface area contributed by atoms with Crippen molar-refractivity contribution in [1.82, 2.24) is 4.90 Å². The molecule has 0 radical (unpaired) electrons. The smallest absolute Gasteiger partial charge is 0.410 e. The molecule has 5 atom stereocenters. The quantitative estimate of drug-likeness (QED) is 0.507. The fraction of sp³-hybridized carbons (Fsp3) is 0.929. The molecule has 5 nitrogen and oxygen atoms in total. The third kappa shape index (κ3) is 1.44. The number of epoxide rings is 1. The molecule has 2 bridgehead atoms. The van der Waals surface area contributed by atoms with Gasteiger partial charge in [0.05, 0.1) is 17.0 Å². The number of carbonyl (C=O) groups excluding carboxylic acids is 1. The normalized spacial score (nSPS) is 52.0. The van der Waals surface area contributed by atoms with Crippen molar-refractivity contribution in [2.75, 3.05) is 13.1 Å². The molecule has 4 aliphatic rings. The van der Waals surface area contributed by atoms with Gasteiger partial charge in [-0.15, -0.1) is 11.6 Å². The van der Waals surface area contributed by atoms with Gasteiger partial charge in [-0.1, -0.05) is 0 Å². The van der Waals surface area contributed by atoms with Crippen LogP contribution in [0.1, 0.15) is 34.1 Å². The lowest BCUT2D eigenvalue weighted by atomic mass is 9.76. The molecule has 112 valence electrons. The van der Waals surface area contributed by atoms with Crippen LogP contribution in [-0.2, 0) is 14.2 Å². The molecule has 4 saturated heterocycles. The third-order valence-corrected chi connectivity index (χ3v) is 5.45. The van der Waals surface area contributed by atoms with Gasteiger partial charge < -0.3 is 19.1 Å². The van der Waals surface area contributed by atoms with Crippen LogP contribution in [0.5, 0.6) is 0 Å². The molecule has 0 aromatic carbocycles. The Kier molecular flexibility index (Phi) is 2.16. The third-order valence-electron chi connectivity index (χ3n) is 4.88. The molecule has 0 aromatic heterocycles. The number of ether oxygens (including phenoxy) is 3. The van der Waals surface area contributed by atoms with Crippen LogP contribution < -0.4 is 0 Å². The topological polar surface area (TPSA) is 51.3 Å². The number of carbonyl (C=O) groups is 1. The van der Waals surface area contributed by atoms with Crippen LogP contribution in [0, 0.1) is 0 Å². The summed E-state index contributed by atoms with van der Waals surface area (Å²) >= 11 is 6.82. The molecule has 0 aliphatic carbocycles. The van der Waals surface area contributed by atoms with E-state index in [4.69, 9.17) is 25.8 Å². The van der Waals surface area contributed by atoms with E-state index in [0.29, 0.717) is 13.1 Å². The van der Waals surface area contributed by atoms with Gasteiger partial charge >= 0.3 is 6.09 Å². The first-order valence-electron chi connectivity index (χ1n) is 7.11. The zero-order valence-electron chi connectivity index (χ0n) is 12.2. The molecule has 6 heteroatoms. The standard InChI is InChI=1S/C14H20ClNO4/c1-11(2,3)19-10(17)16-6-13(15)5-12(4)8-9(18-8)14(13,7-16)20-12/h8-9H,5-7H2,1-4H3/t8-,9+,12+,13-,14+/m1/s1. The van der Waals surface area contributed by atoms with Gasteiger partial charge in [0.2, 0.25) is 0 Å². The Balaban J connectivity index is 1.58. The maximum atomic E-state index is 12.3. The lowest BCUT2D eigenvalue weighted by Crippen LogP contribution is -2.51. The monoisotopic (exact) mass is 301 g/mol. The number of amides is 1. The molecule has 4 rings (SSSR count). The Morgan fingerprint density at radius 3 is 2.65 bits per heavy atom. The number of likely N-dealkylation sites (tertiary alicyclic amines) is 1. The summed E-state index contributed by atoms with van der Waals surface area (Å²) in [6, 6.07) is 0. The van der Waals surface area contributed by atoms with E-state index in [-0.39, 0.29) is 23.9 Å². The van der Waals surface area contributed by atoms with Crippen molar-refractivity contribution in [1.29, 1.82) is 0 Å². The molecule has 0 N–H and O–H groups in total. The lowest BCUT2D eigenvalue weighted by Gasteiger charge is -2.30. The second kappa shape index (κ2) is 3.28. The molecular weight excluding hydrogens is 282 g/mol. The predicted octanol–water partition coefficient (Wildman–Crippen LogP) is 1.91. The lowest BCUT2D eigenvalue weighted by molar-refractivity contribution is -0.105. The van der Waals surface area contributed by atoms with Gasteiger partial charge in [0.1, 0.15) is 23.4 Å². The van der Waals surface area contributed by atoms with Crippen molar-refractivity contribution in [3.63, 3.8) is 0 Å². The van der Waals surface area contributed by atoms with E-state index in [1.165, 1.54) is 0 Å². The summed E-state index contributed by atoms with van der Waals surface area (Å²) in [5.41, 5.74) is -1.34. The van der Waals surface area contributed by atoms with Crippen molar-refractivity contribution < 1.29 is 19.0 Å². The minimum absolute atomic E-state index is 0.0335. The molecule has 4 aliphatic heterocycles. The van der Waals surface area contributed by atoms with Gasteiger partial charge in [-0.3, -0.25) is 0 Å². The van der Waals surface area contributed by atoms with Crippen molar-refractivity contribution in [3.8, 4) is 0 Å². The van der Waals surface area contributed by atoms with Gasteiger partial charge in [0.25, 0.3) is 0 Å². The Labute approximate surface area is 123 Å². The molecule has 0 unspecified atom stereocenters. The molecule has 0 aromatic rings. The average molecular weight is 302 g/mol. The van der Waals surface area contributed by atoms with E-state index >= 15 is 0 Å². The largest absolute Gasteiger partial charge is 0.444 e. The Morgan fingerprint density at radius 2 is 2.05 bits per heavy atom. The molecule has 4 heterocycles. The first-order chi connectivity index (χ1) is 9.09. The number of alkyl halides is 1. The van der Waals surface area contributed by atoms with Gasteiger partial charge in [-0.2, -0.15) is 0 Å². The number of hydrogen-bond acceptors (Lipinski definition) is 4. The van der Waals surface area contributed by atoms with Crippen molar-refractivity contribution >= 4 is 17.7 Å². The molecule has 1 amide bonds. The van der Waals surface area contributed by atoms with Crippen molar-refractivity contribution in [2.45, 2.75) is 68.0 Å². The van der Waals surface area contributed by atoms with E-state index in [2.05, 4.69) is 6.92 Å². The molecule has 4 fully saturated rings. The maximum absolute atomic E-state index is 12.3. The molecule has 20 heavy (non-hydrogen) atoms. The summed E-state index contributed by atoms with van der Waals surface area (Å²) in [6.07, 6.45) is 0.581. The summed E-state index contributed by atoms with van der Waals surface area (Å²) in [5, 5.41) is 0. The Morgan fingerprint density at radius 1 is 1.35 bits per heavy atom. The molecule has 0 saturated carbocycles. The van der Waals surface area contributed by atoms with Crippen LogP contribution in [0.15, 0.2) is 0 Å². The molecular formula is C14H20ClNO4. The van der Waals surface area contributed by atoms with Crippen LogP contribution in [0.2, 0.25) is 0 Å². The first-order valence-corrected chi connectivity index (χ1v) is 7.49. The summed E-state index contributed by atoms with van der Waals surface area (Å²) in [5.74, 6) is 0. The van der Waals surface area contributed by atoms with Crippen molar-refractivity contribution in [3.05, 3.63) is 0 Å². The van der Waals surface area contributed by atoms with Crippen LogP contribution in [0.3, 0.4) is 0 Å². The minimum Gasteiger partial charge on any atom is -0.444 e. The average Bonchev–Trinajstić information content (AvgIpc) is 2.89. The van der Waals surface area contributed by atoms with Gasteiger partial charge in [-0.25, -0.2) is 4.79 Å². The van der Waals surface area contributed by atoms with E-state index in [9.17, 15) is 4.79 Å². The van der Waals surface area contributed by atoms with Gasteiger partial charge in [0, 0.05) is 13.0 Å². The first kappa shape index (κ1) is 13.2. The van der Waals surface area contributed by atoms with E-state index in [1.54, 1.807) is 4.90 Å². The number of rotatable bonds is 0. The zero-order valence-corrected chi connectivity index (χ0v) is 13.0. The minimum atomic E-state index is -0.551. The van der Waals surface area contributed by atoms with Crippen LogP contribution in [0.4, 0.5) is 4.79 Å². The summed E-state index contributed by atoms with van der Waals surface area (Å²) in [4.78, 5) is 13.4. The highest BCUT2D eigenvalue weighted by Crippen LogP contribution is 2.69. The zero-order chi connectivity index (χ0) is 14.6. The highest BCUT2D eigenvalue weighted by atomic mass is 35.5. The van der Waals surface area contributed by atoms with E-state index in [0.717, 1.165) is 6.42 Å². The fourth-order valence-electron chi connectivity index (χ4n) is 4.20. The van der Waals surface area contributed by atoms with Crippen molar-refractivity contribution in [2.24, 2.45) is 0 Å². The van der Waals surface area contributed by atoms with Crippen LogP contribution in [0.25, 0.3) is 0 Å². The second-order valence-corrected chi connectivity index (χ2v) is 8.48. The van der Waals surface area contributed by atoms with E-state index < -0.39 is 16.1 Å². The van der Waals surface area contributed by atoms with Gasteiger partial charge in [0.15, 0.2) is 0 Å². The van der Waals surface area contributed by atoms with Crippen LogP contribution >= 0.6 is 11.6 Å². The predicted molar refractivity (Wildman–Crippen MR) is 71.9 cm³/mol. The fourth-order valence-corrected chi connectivity index (χ4v) is 4.82. The number of nitrogens with zero attached hydrogens (tertiary/aromatic N) is 1. The van der Waals surface area contributed by atoms with E-state index in [1.807, 2.05) is 20.8 Å². The summed E-state index contributed by atoms with van der Waals surface area (Å²) < 4.78 is 17.4. The van der Waals surface area contributed by atoms with Gasteiger partial charge in [-0.05, 0) is 27.7 Å². The Hall–Kier alpha value is -0.520. The number of hydrogen-bond donors (Lipinski definition) is 0. The summed E-state index contributed by atoms with van der Waals surface area (Å²) in [7, 11) is 0. The SMILES string of the molecule is CC(C)(C)OC(=O)N1C[C@]2(Cl)C[C@]3(C)O[C@@]2(C1)[C@H]1O[C@H]13. The molecule has 1 spiro atoms. The number of halogens is 1.